The first kappa shape index (κ1) is 18.9. The van der Waals surface area contributed by atoms with E-state index < -0.39 is 33.8 Å². The van der Waals surface area contributed by atoms with E-state index in [0.29, 0.717) is 0 Å². The Labute approximate surface area is 153 Å². The van der Waals surface area contributed by atoms with E-state index in [2.05, 4.69) is 9.97 Å². The maximum atomic E-state index is 12.8. The van der Waals surface area contributed by atoms with Gasteiger partial charge in [0, 0.05) is 5.56 Å². The molecule has 3 aromatic rings. The Morgan fingerprint density at radius 3 is 2.61 bits per heavy atom. The Balaban J connectivity index is 1.86. The second-order valence-corrected chi connectivity index (χ2v) is 5.49. The van der Waals surface area contributed by atoms with Gasteiger partial charge >= 0.3 is 17.4 Å². The zero-order valence-electron chi connectivity index (χ0n) is 13.7. The van der Waals surface area contributed by atoms with Crippen molar-refractivity contribution >= 4 is 17.8 Å². The number of benzene rings is 1. The smallest absolute Gasteiger partial charge is 0.416 e. The monoisotopic (exact) mass is 393 g/mol. The Morgan fingerprint density at radius 1 is 1.21 bits per heavy atom. The molecule has 0 amide bonds. The van der Waals surface area contributed by atoms with Crippen molar-refractivity contribution in [1.82, 2.24) is 9.97 Å². The van der Waals surface area contributed by atoms with Crippen LogP contribution < -0.4 is 5.56 Å². The van der Waals surface area contributed by atoms with Crippen molar-refractivity contribution in [3.8, 4) is 17.2 Å². The standard InChI is InChI=1S/C17H10F3N3O5/c18-17(19,20)10-3-1-2-9(8-10)12-6-4-11(28-12)5-7-13-21-15(24)14(23(26)27)16(25)22-13/h1-8H,(H2,21,22,24,25). The first-order valence-corrected chi connectivity index (χ1v) is 7.58. The maximum absolute atomic E-state index is 12.8. The number of furan rings is 1. The number of hydrogen-bond donors (Lipinski definition) is 2. The quantitative estimate of drug-likeness (QED) is 0.513. The number of aromatic amines is 1. The van der Waals surface area contributed by atoms with Crippen molar-refractivity contribution in [3.63, 3.8) is 0 Å². The minimum absolute atomic E-state index is 0.176. The summed E-state index contributed by atoms with van der Waals surface area (Å²) in [7, 11) is 0. The van der Waals surface area contributed by atoms with Crippen molar-refractivity contribution in [2.24, 2.45) is 0 Å². The van der Waals surface area contributed by atoms with Gasteiger partial charge in [0.05, 0.1) is 10.5 Å². The summed E-state index contributed by atoms with van der Waals surface area (Å²) in [6.45, 7) is 0. The number of nitro groups is 1. The van der Waals surface area contributed by atoms with E-state index >= 15 is 0 Å². The zero-order chi connectivity index (χ0) is 20.5. The lowest BCUT2D eigenvalue weighted by atomic mass is 10.1. The summed E-state index contributed by atoms with van der Waals surface area (Å²) in [5.41, 5.74) is -2.82. The van der Waals surface area contributed by atoms with Crippen LogP contribution in [0.3, 0.4) is 0 Å². The van der Waals surface area contributed by atoms with Crippen molar-refractivity contribution in [3.05, 3.63) is 74.0 Å². The molecule has 0 saturated carbocycles. The number of nitrogens with zero attached hydrogens (tertiary/aromatic N) is 2. The highest BCUT2D eigenvalue weighted by molar-refractivity contribution is 5.67. The van der Waals surface area contributed by atoms with Crippen molar-refractivity contribution < 1.29 is 27.6 Å². The summed E-state index contributed by atoms with van der Waals surface area (Å²) in [4.78, 5) is 26.7. The van der Waals surface area contributed by atoms with E-state index in [1.807, 2.05) is 0 Å². The molecule has 1 aromatic carbocycles. The van der Waals surface area contributed by atoms with Crippen LogP contribution in [0.4, 0.5) is 18.9 Å². The molecule has 2 aromatic heterocycles. The highest BCUT2D eigenvalue weighted by atomic mass is 19.4. The third kappa shape index (κ3) is 3.92. The van der Waals surface area contributed by atoms with E-state index in [9.17, 15) is 33.2 Å². The van der Waals surface area contributed by atoms with Crippen molar-refractivity contribution in [1.29, 1.82) is 0 Å². The number of aromatic nitrogens is 2. The summed E-state index contributed by atoms with van der Waals surface area (Å²) >= 11 is 0. The summed E-state index contributed by atoms with van der Waals surface area (Å²) in [5, 5.41) is 20.1. The second-order valence-electron chi connectivity index (χ2n) is 5.49. The van der Waals surface area contributed by atoms with Gasteiger partial charge in [-0.15, -0.1) is 0 Å². The van der Waals surface area contributed by atoms with E-state index in [1.165, 1.54) is 36.4 Å². The molecule has 0 fully saturated rings. The van der Waals surface area contributed by atoms with Gasteiger partial charge in [0.1, 0.15) is 17.3 Å². The van der Waals surface area contributed by atoms with Crippen molar-refractivity contribution in [2.45, 2.75) is 6.18 Å². The third-order valence-electron chi connectivity index (χ3n) is 3.58. The molecule has 0 bridgehead atoms. The van der Waals surface area contributed by atoms with E-state index in [4.69, 9.17) is 4.42 Å². The van der Waals surface area contributed by atoms with Crippen LogP contribution in [0.2, 0.25) is 0 Å². The van der Waals surface area contributed by atoms with Gasteiger partial charge in [0.25, 0.3) is 5.88 Å². The molecule has 0 saturated heterocycles. The van der Waals surface area contributed by atoms with E-state index in [0.717, 1.165) is 12.1 Å². The second kappa shape index (κ2) is 7.02. The summed E-state index contributed by atoms with van der Waals surface area (Å²) in [5.74, 6) is -0.825. The highest BCUT2D eigenvalue weighted by Gasteiger charge is 2.30. The molecule has 0 aliphatic heterocycles. The highest BCUT2D eigenvalue weighted by Crippen LogP contribution is 2.32. The molecule has 3 rings (SSSR count). The molecule has 0 spiro atoms. The first-order valence-electron chi connectivity index (χ1n) is 7.58. The summed E-state index contributed by atoms with van der Waals surface area (Å²) in [6.07, 6.45) is -1.96. The lowest BCUT2D eigenvalue weighted by molar-refractivity contribution is -0.387. The molecule has 11 heteroatoms. The Bertz CT molecular complexity index is 1130. The lowest BCUT2D eigenvalue weighted by Gasteiger charge is -2.07. The van der Waals surface area contributed by atoms with Crippen LogP contribution in [0.15, 0.2) is 45.6 Å². The maximum Gasteiger partial charge on any atom is 0.416 e. The zero-order valence-corrected chi connectivity index (χ0v) is 13.7. The number of aromatic hydroxyl groups is 1. The van der Waals surface area contributed by atoms with Gasteiger partial charge in [0.2, 0.25) is 0 Å². The number of alkyl halides is 3. The minimum atomic E-state index is -4.49. The first-order chi connectivity index (χ1) is 13.1. The number of hydrogen-bond acceptors (Lipinski definition) is 6. The van der Waals surface area contributed by atoms with Gasteiger partial charge in [-0.2, -0.15) is 18.2 Å². The average Bonchev–Trinajstić information content (AvgIpc) is 3.07. The van der Waals surface area contributed by atoms with Crippen LogP contribution in [0.25, 0.3) is 23.5 Å². The largest absolute Gasteiger partial charge is 0.488 e. The fraction of sp³-hybridized carbons (Fsp3) is 0.0588. The van der Waals surface area contributed by atoms with Crippen molar-refractivity contribution in [2.75, 3.05) is 0 Å². The van der Waals surface area contributed by atoms with Gasteiger partial charge in [-0.3, -0.25) is 14.9 Å². The molecule has 0 radical (unpaired) electrons. The summed E-state index contributed by atoms with van der Waals surface area (Å²) < 4.78 is 43.8. The summed E-state index contributed by atoms with van der Waals surface area (Å²) in [6, 6.07) is 7.52. The number of nitrogens with one attached hydrogen (secondary N) is 1. The fourth-order valence-corrected chi connectivity index (χ4v) is 2.32. The molecule has 144 valence electrons. The molecule has 0 aliphatic rings. The SMILES string of the molecule is O=c1[nH]c(C=Cc2ccc(-c3cccc(C(F)(F)F)c3)o2)nc(O)c1[N+](=O)[O-]. The molecule has 2 heterocycles. The Morgan fingerprint density at radius 2 is 1.96 bits per heavy atom. The number of rotatable bonds is 4. The number of H-pyrrole nitrogens is 1. The molecular formula is C17H10F3N3O5. The van der Waals surface area contributed by atoms with Crippen LogP contribution in [0.5, 0.6) is 5.88 Å². The lowest BCUT2D eigenvalue weighted by Crippen LogP contribution is -2.14. The molecule has 0 unspecified atom stereocenters. The van der Waals surface area contributed by atoms with Crippen LogP contribution in [-0.4, -0.2) is 20.0 Å². The molecule has 28 heavy (non-hydrogen) atoms. The average molecular weight is 393 g/mol. The van der Waals surface area contributed by atoms with E-state index in [1.54, 1.807) is 0 Å². The molecule has 2 N–H and O–H groups in total. The van der Waals surface area contributed by atoms with Gasteiger partial charge in [-0.05, 0) is 36.4 Å². The Kier molecular flexibility index (Phi) is 4.74. The predicted octanol–water partition coefficient (Wildman–Crippen LogP) is 3.83. The Hall–Kier alpha value is -3.89. The van der Waals surface area contributed by atoms with Crippen LogP contribution >= 0.6 is 0 Å². The minimum Gasteiger partial charge on any atom is -0.488 e. The van der Waals surface area contributed by atoms with Crippen LogP contribution in [0.1, 0.15) is 17.1 Å². The molecule has 0 atom stereocenters. The fourth-order valence-electron chi connectivity index (χ4n) is 2.32. The molecule has 8 nitrogen and oxygen atoms in total. The predicted molar refractivity (Wildman–Crippen MR) is 91.3 cm³/mol. The van der Waals surface area contributed by atoms with Gasteiger partial charge in [-0.25, -0.2) is 0 Å². The van der Waals surface area contributed by atoms with Gasteiger partial charge < -0.3 is 14.5 Å². The molecular weight excluding hydrogens is 383 g/mol. The van der Waals surface area contributed by atoms with Crippen LogP contribution in [-0.2, 0) is 6.18 Å². The topological polar surface area (TPSA) is 122 Å². The normalized spacial score (nSPS) is 11.8. The molecule has 0 aliphatic carbocycles. The van der Waals surface area contributed by atoms with Gasteiger partial charge in [0.15, 0.2) is 0 Å². The van der Waals surface area contributed by atoms with E-state index in [-0.39, 0.29) is 22.9 Å². The van der Waals surface area contributed by atoms with Crippen LogP contribution in [0, 0.1) is 10.1 Å². The van der Waals surface area contributed by atoms with Gasteiger partial charge in [-0.1, -0.05) is 12.1 Å². The number of halogens is 3. The third-order valence-corrected chi connectivity index (χ3v) is 3.58.